The van der Waals surface area contributed by atoms with Crippen molar-refractivity contribution in [1.82, 2.24) is 14.4 Å². The molecule has 5 rings (SSSR count). The summed E-state index contributed by atoms with van der Waals surface area (Å²) >= 11 is 0. The van der Waals surface area contributed by atoms with Gasteiger partial charge >= 0.3 is 0 Å². The van der Waals surface area contributed by atoms with Crippen molar-refractivity contribution < 1.29 is 23.0 Å². The number of rotatable bonds is 6. The molecule has 0 spiro atoms. The average molecular weight is 414 g/mol. The van der Waals surface area contributed by atoms with E-state index >= 15 is 0 Å². The van der Waals surface area contributed by atoms with Gasteiger partial charge in [0.1, 0.15) is 11.4 Å². The average Bonchev–Trinajstić information content (AvgIpc) is 3.07. The summed E-state index contributed by atoms with van der Waals surface area (Å²) in [7, 11) is 0. The fourth-order valence-corrected chi connectivity index (χ4v) is 4.15. The van der Waals surface area contributed by atoms with Gasteiger partial charge in [-0.2, -0.15) is 0 Å². The minimum absolute atomic E-state index is 0.0806. The number of nitrogens with zero attached hydrogens (tertiary/aromatic N) is 3. The topological polar surface area (TPSA) is 77.8 Å². The van der Waals surface area contributed by atoms with Crippen LogP contribution in [-0.4, -0.2) is 40.1 Å². The molecule has 0 bridgehead atoms. The van der Waals surface area contributed by atoms with Crippen LogP contribution >= 0.6 is 0 Å². The molecular weight excluding hydrogens is 394 g/mol. The molecular formula is C21H20F2N4O3. The number of hydrogen-bond donors (Lipinski definition) is 1. The van der Waals surface area contributed by atoms with E-state index in [0.29, 0.717) is 41.4 Å². The number of anilines is 1. The second-order valence-electron chi connectivity index (χ2n) is 7.52. The molecule has 30 heavy (non-hydrogen) atoms. The Bertz CT molecular complexity index is 1110. The summed E-state index contributed by atoms with van der Waals surface area (Å²) in [6.45, 7) is 3.85. The van der Waals surface area contributed by atoms with Crippen LogP contribution in [0.2, 0.25) is 0 Å². The molecule has 1 amide bonds. The third kappa shape index (κ3) is 3.28. The molecule has 2 unspecified atom stereocenters. The van der Waals surface area contributed by atoms with E-state index in [4.69, 9.17) is 14.5 Å². The Labute approximate surface area is 171 Å². The lowest BCUT2D eigenvalue weighted by molar-refractivity contribution is 0.102. The minimum Gasteiger partial charge on any atom is -0.490 e. The molecule has 2 aliphatic rings. The van der Waals surface area contributed by atoms with E-state index in [0.717, 1.165) is 18.9 Å². The first-order valence-electron chi connectivity index (χ1n) is 9.84. The third-order valence-electron chi connectivity index (χ3n) is 5.61. The fourth-order valence-electron chi connectivity index (χ4n) is 4.15. The van der Waals surface area contributed by atoms with Gasteiger partial charge in [0.2, 0.25) is 0 Å². The van der Waals surface area contributed by atoms with Crippen LogP contribution in [-0.2, 0) is 4.74 Å². The molecule has 1 saturated heterocycles. The summed E-state index contributed by atoms with van der Waals surface area (Å²) < 4.78 is 38.8. The zero-order valence-electron chi connectivity index (χ0n) is 16.2. The lowest BCUT2D eigenvalue weighted by Gasteiger charge is -2.10. The number of pyridine rings is 2. The Balaban J connectivity index is 1.44. The highest BCUT2D eigenvalue weighted by molar-refractivity contribution is 6.03. The number of hydrogen-bond acceptors (Lipinski definition) is 5. The van der Waals surface area contributed by atoms with Crippen molar-refractivity contribution in [3.05, 3.63) is 53.7 Å². The fraction of sp³-hybridized carbons (Fsp3) is 0.381. The lowest BCUT2D eigenvalue weighted by Crippen LogP contribution is -2.15. The van der Waals surface area contributed by atoms with E-state index < -0.39 is 18.0 Å². The van der Waals surface area contributed by atoms with Crippen LogP contribution in [0, 0.1) is 11.8 Å². The number of imidazole rings is 1. The normalized spacial score (nSPS) is 22.3. The van der Waals surface area contributed by atoms with Crippen LogP contribution < -0.4 is 10.1 Å². The molecule has 1 N–H and O–H groups in total. The number of alkyl halides is 2. The van der Waals surface area contributed by atoms with Gasteiger partial charge < -0.3 is 19.2 Å². The zero-order valence-corrected chi connectivity index (χ0v) is 16.2. The van der Waals surface area contributed by atoms with Gasteiger partial charge in [-0.3, -0.25) is 4.79 Å². The largest absolute Gasteiger partial charge is 0.490 e. The molecule has 7 nitrogen and oxygen atoms in total. The summed E-state index contributed by atoms with van der Waals surface area (Å²) in [6.07, 6.45) is 0.944. The van der Waals surface area contributed by atoms with Gasteiger partial charge in [-0.05, 0) is 30.9 Å². The van der Waals surface area contributed by atoms with E-state index in [1.165, 1.54) is 18.2 Å². The maximum absolute atomic E-state index is 12.9. The minimum atomic E-state index is -2.74. The highest BCUT2D eigenvalue weighted by Crippen LogP contribution is 2.57. The van der Waals surface area contributed by atoms with Crippen LogP contribution in [0.25, 0.3) is 5.65 Å². The van der Waals surface area contributed by atoms with E-state index in [-0.39, 0.29) is 5.69 Å². The Hall–Kier alpha value is -3.07. The molecule has 1 aliphatic carbocycles. The van der Waals surface area contributed by atoms with Crippen molar-refractivity contribution >= 4 is 17.2 Å². The Morgan fingerprint density at radius 1 is 1.30 bits per heavy atom. The molecule has 9 heteroatoms. The predicted octanol–water partition coefficient (Wildman–Crippen LogP) is 3.68. The SMILES string of the molecule is CCOc1cc(NC(=O)c2cccc(C(F)F)n2)cn2cc(C3C4COCC43)nc12. The van der Waals surface area contributed by atoms with Crippen LogP contribution in [0.15, 0.2) is 36.7 Å². The number of fused-ring (bicyclic) bond motifs is 2. The van der Waals surface area contributed by atoms with Gasteiger partial charge in [-0.25, -0.2) is 18.7 Å². The van der Waals surface area contributed by atoms with Gasteiger partial charge in [0.05, 0.1) is 31.2 Å². The van der Waals surface area contributed by atoms with Crippen molar-refractivity contribution in [1.29, 1.82) is 0 Å². The third-order valence-corrected chi connectivity index (χ3v) is 5.61. The molecule has 3 aromatic rings. The van der Waals surface area contributed by atoms with Gasteiger partial charge in [0, 0.05) is 24.4 Å². The van der Waals surface area contributed by atoms with Gasteiger partial charge in [0.25, 0.3) is 12.3 Å². The molecule has 4 heterocycles. The van der Waals surface area contributed by atoms with Crippen molar-refractivity contribution in [3.8, 4) is 5.75 Å². The van der Waals surface area contributed by atoms with Crippen molar-refractivity contribution in [2.75, 3.05) is 25.1 Å². The Kier molecular flexibility index (Phi) is 4.62. The summed E-state index contributed by atoms with van der Waals surface area (Å²) in [5.41, 5.74) is 1.61. The van der Waals surface area contributed by atoms with Crippen molar-refractivity contribution in [3.63, 3.8) is 0 Å². The number of ether oxygens (including phenoxy) is 2. The second kappa shape index (κ2) is 7.32. The first-order chi connectivity index (χ1) is 14.5. The molecule has 0 aromatic carbocycles. The number of amides is 1. The summed E-state index contributed by atoms with van der Waals surface area (Å²) in [5, 5.41) is 2.71. The summed E-state index contributed by atoms with van der Waals surface area (Å²) in [6, 6.07) is 5.65. The van der Waals surface area contributed by atoms with Crippen LogP contribution in [0.3, 0.4) is 0 Å². The van der Waals surface area contributed by atoms with Crippen molar-refractivity contribution in [2.45, 2.75) is 19.3 Å². The van der Waals surface area contributed by atoms with Crippen LogP contribution in [0.5, 0.6) is 5.75 Å². The van der Waals surface area contributed by atoms with E-state index in [2.05, 4.69) is 10.3 Å². The smallest absolute Gasteiger partial charge is 0.280 e. The van der Waals surface area contributed by atoms with E-state index in [1.807, 2.05) is 17.5 Å². The van der Waals surface area contributed by atoms with Crippen LogP contribution in [0.4, 0.5) is 14.5 Å². The predicted molar refractivity (Wildman–Crippen MR) is 104 cm³/mol. The Morgan fingerprint density at radius 3 is 2.83 bits per heavy atom. The van der Waals surface area contributed by atoms with Gasteiger partial charge in [-0.15, -0.1) is 0 Å². The second-order valence-corrected chi connectivity index (χ2v) is 7.52. The molecule has 3 aromatic heterocycles. The molecule has 0 radical (unpaired) electrons. The first kappa shape index (κ1) is 18.9. The number of carbonyl (C=O) groups is 1. The highest BCUT2D eigenvalue weighted by atomic mass is 19.3. The number of carbonyl (C=O) groups excluding carboxylic acids is 1. The molecule has 1 aliphatic heterocycles. The quantitative estimate of drug-likeness (QED) is 0.666. The maximum Gasteiger partial charge on any atom is 0.280 e. The van der Waals surface area contributed by atoms with Crippen LogP contribution in [0.1, 0.15) is 41.1 Å². The molecule has 1 saturated carbocycles. The lowest BCUT2D eigenvalue weighted by atomic mass is 10.2. The van der Waals surface area contributed by atoms with E-state index in [1.54, 1.807) is 12.3 Å². The summed E-state index contributed by atoms with van der Waals surface area (Å²) in [4.78, 5) is 21.0. The monoisotopic (exact) mass is 414 g/mol. The molecule has 2 atom stereocenters. The van der Waals surface area contributed by atoms with Gasteiger partial charge in [-0.1, -0.05) is 6.07 Å². The first-order valence-corrected chi connectivity index (χ1v) is 9.84. The zero-order chi connectivity index (χ0) is 20.8. The standard InChI is InChI=1S/C21H20F2N4O3/c1-2-30-17-6-11(24-21(28)15-5-3-4-14(25-15)19(22)23)7-27-8-16(26-20(17)27)18-12-9-29-10-13(12)18/h3-8,12-13,18-19H,2,9-10H2,1H3,(H,24,28). The molecule has 156 valence electrons. The maximum atomic E-state index is 12.9. The number of halogens is 2. The van der Waals surface area contributed by atoms with E-state index in [9.17, 15) is 13.6 Å². The van der Waals surface area contributed by atoms with Crippen molar-refractivity contribution in [2.24, 2.45) is 11.8 Å². The number of aromatic nitrogens is 3. The Morgan fingerprint density at radius 2 is 2.10 bits per heavy atom. The molecule has 2 fully saturated rings. The summed E-state index contributed by atoms with van der Waals surface area (Å²) in [5.74, 6) is 1.41. The number of nitrogens with one attached hydrogen (secondary N) is 1. The van der Waals surface area contributed by atoms with Gasteiger partial charge in [0.15, 0.2) is 11.4 Å². The highest BCUT2D eigenvalue weighted by Gasteiger charge is 2.55.